The summed E-state index contributed by atoms with van der Waals surface area (Å²) in [6.45, 7) is 10.1. The van der Waals surface area contributed by atoms with Gasteiger partial charge in [0.15, 0.2) is 0 Å². The molecule has 118 valence electrons. The summed E-state index contributed by atoms with van der Waals surface area (Å²) in [5.41, 5.74) is 0. The van der Waals surface area contributed by atoms with Gasteiger partial charge in [-0.3, -0.25) is 14.5 Å². The lowest BCUT2D eigenvalue weighted by atomic mass is 10.0. The Hall–Kier alpha value is -1.10. The monoisotopic (exact) mass is 293 g/mol. The summed E-state index contributed by atoms with van der Waals surface area (Å²) in [5, 5.41) is 3.08. The van der Waals surface area contributed by atoms with Crippen LogP contribution in [0.3, 0.4) is 0 Å². The molecule has 0 spiro atoms. The van der Waals surface area contributed by atoms with Gasteiger partial charge in [-0.25, -0.2) is 0 Å². The second-order valence-corrected chi connectivity index (χ2v) is 7.45. The van der Waals surface area contributed by atoms with E-state index in [1.54, 1.807) is 0 Å². The van der Waals surface area contributed by atoms with Gasteiger partial charge >= 0.3 is 0 Å². The van der Waals surface area contributed by atoms with E-state index in [0.717, 1.165) is 19.4 Å². The van der Waals surface area contributed by atoms with Gasteiger partial charge in [-0.15, -0.1) is 0 Å². The lowest BCUT2D eigenvalue weighted by molar-refractivity contribution is -0.140. The van der Waals surface area contributed by atoms with Crippen molar-refractivity contribution in [1.82, 2.24) is 15.1 Å². The predicted octanol–water partition coefficient (Wildman–Crippen LogP) is 0.841. The molecular weight excluding hydrogens is 266 g/mol. The largest absolute Gasteiger partial charge is 0.354 e. The molecule has 3 aliphatic rings. The van der Waals surface area contributed by atoms with Crippen LogP contribution in [0.5, 0.6) is 0 Å². The van der Waals surface area contributed by atoms with Crippen molar-refractivity contribution in [1.29, 1.82) is 0 Å². The minimum atomic E-state index is -0.138. The van der Waals surface area contributed by atoms with Gasteiger partial charge in [0.1, 0.15) is 6.04 Å². The van der Waals surface area contributed by atoms with Gasteiger partial charge < -0.3 is 10.2 Å². The molecule has 0 aromatic rings. The molecule has 21 heavy (non-hydrogen) atoms. The Bertz CT molecular complexity index is 449. The molecule has 0 bridgehead atoms. The lowest BCUT2D eigenvalue weighted by Crippen LogP contribution is -2.59. The average Bonchev–Trinajstić information content (AvgIpc) is 2.96. The second-order valence-electron chi connectivity index (χ2n) is 7.45. The van der Waals surface area contributed by atoms with E-state index in [4.69, 9.17) is 0 Å². The Morgan fingerprint density at radius 1 is 1.33 bits per heavy atom. The number of nitrogens with zero attached hydrogens (tertiary/aromatic N) is 2. The van der Waals surface area contributed by atoms with E-state index in [1.165, 1.54) is 0 Å². The SMILES string of the molecule is CC(C)CNC(=O)[C@H]1[C@H]2[C@H](C(C)C)N2C(=O)[C@H]2CCCN21. The molecule has 3 saturated heterocycles. The molecule has 0 aromatic heterocycles. The van der Waals surface area contributed by atoms with Crippen LogP contribution in [0.25, 0.3) is 0 Å². The molecule has 3 rings (SSSR count). The van der Waals surface area contributed by atoms with Crippen LogP contribution in [-0.4, -0.2) is 58.9 Å². The summed E-state index contributed by atoms with van der Waals surface area (Å²) >= 11 is 0. The molecule has 0 unspecified atom stereocenters. The van der Waals surface area contributed by atoms with Crippen LogP contribution >= 0.6 is 0 Å². The van der Waals surface area contributed by atoms with Crippen molar-refractivity contribution < 1.29 is 9.59 Å². The topological polar surface area (TPSA) is 52.4 Å². The number of piperazine rings is 1. The highest BCUT2D eigenvalue weighted by Crippen LogP contribution is 2.45. The molecule has 4 atom stereocenters. The molecule has 5 nitrogen and oxygen atoms in total. The first-order chi connectivity index (χ1) is 9.93. The summed E-state index contributed by atoms with van der Waals surface area (Å²) < 4.78 is 0. The fourth-order valence-electron chi connectivity index (χ4n) is 4.09. The Balaban J connectivity index is 1.80. The summed E-state index contributed by atoms with van der Waals surface area (Å²) in [6, 6.07) is 0.151. The van der Waals surface area contributed by atoms with E-state index in [0.29, 0.717) is 18.4 Å². The number of rotatable bonds is 4. The molecule has 3 aliphatic heterocycles. The third-order valence-electron chi connectivity index (χ3n) is 5.05. The van der Waals surface area contributed by atoms with Crippen LogP contribution in [0.2, 0.25) is 0 Å². The van der Waals surface area contributed by atoms with Gasteiger partial charge in [-0.1, -0.05) is 27.7 Å². The first-order valence-corrected chi connectivity index (χ1v) is 8.29. The average molecular weight is 293 g/mol. The normalized spacial score (nSPS) is 35.1. The Morgan fingerprint density at radius 3 is 2.67 bits per heavy atom. The molecule has 0 aromatic carbocycles. The van der Waals surface area contributed by atoms with Crippen molar-refractivity contribution in [3.63, 3.8) is 0 Å². The van der Waals surface area contributed by atoms with Crippen molar-refractivity contribution in [2.45, 2.75) is 64.7 Å². The quantitative estimate of drug-likeness (QED) is 0.782. The third kappa shape index (κ3) is 2.35. The maximum absolute atomic E-state index is 12.7. The fraction of sp³-hybridized carbons (Fsp3) is 0.875. The molecule has 0 aliphatic carbocycles. The summed E-state index contributed by atoms with van der Waals surface area (Å²) in [7, 11) is 0. The minimum absolute atomic E-state index is 0.0557. The van der Waals surface area contributed by atoms with Crippen LogP contribution in [0.1, 0.15) is 40.5 Å². The van der Waals surface area contributed by atoms with Crippen LogP contribution < -0.4 is 5.32 Å². The van der Waals surface area contributed by atoms with Crippen molar-refractivity contribution in [2.75, 3.05) is 13.1 Å². The van der Waals surface area contributed by atoms with E-state index in [1.807, 2.05) is 4.90 Å². The molecule has 0 radical (unpaired) electrons. The Morgan fingerprint density at radius 2 is 2.05 bits per heavy atom. The van der Waals surface area contributed by atoms with Gasteiger partial charge in [0.25, 0.3) is 0 Å². The summed E-state index contributed by atoms with van der Waals surface area (Å²) in [4.78, 5) is 29.4. The first-order valence-electron chi connectivity index (χ1n) is 8.29. The van der Waals surface area contributed by atoms with Crippen molar-refractivity contribution >= 4 is 11.8 Å². The zero-order valence-electron chi connectivity index (χ0n) is 13.5. The van der Waals surface area contributed by atoms with Crippen LogP contribution in [0, 0.1) is 11.8 Å². The highest BCUT2D eigenvalue weighted by molar-refractivity contribution is 5.93. The smallest absolute Gasteiger partial charge is 0.240 e. The van der Waals surface area contributed by atoms with Crippen LogP contribution in [0.4, 0.5) is 0 Å². The Kier molecular flexibility index (Phi) is 3.72. The number of carbonyl (C=O) groups is 2. The van der Waals surface area contributed by atoms with Crippen molar-refractivity contribution in [3.05, 3.63) is 0 Å². The number of fused-ring (bicyclic) bond motifs is 2. The third-order valence-corrected chi connectivity index (χ3v) is 5.05. The maximum Gasteiger partial charge on any atom is 0.240 e. The highest BCUT2D eigenvalue weighted by Gasteiger charge is 2.65. The Labute approximate surface area is 127 Å². The van der Waals surface area contributed by atoms with E-state index in [-0.39, 0.29) is 36.0 Å². The second kappa shape index (κ2) is 5.27. The molecule has 3 heterocycles. The lowest BCUT2D eigenvalue weighted by Gasteiger charge is -2.35. The molecule has 0 saturated carbocycles. The van der Waals surface area contributed by atoms with Gasteiger partial charge in [0, 0.05) is 6.54 Å². The van der Waals surface area contributed by atoms with E-state index >= 15 is 0 Å². The predicted molar refractivity (Wildman–Crippen MR) is 80.6 cm³/mol. The summed E-state index contributed by atoms with van der Waals surface area (Å²) in [6.07, 6.45) is 1.93. The summed E-state index contributed by atoms with van der Waals surface area (Å²) in [5.74, 6) is 1.23. The van der Waals surface area contributed by atoms with E-state index < -0.39 is 0 Å². The zero-order chi connectivity index (χ0) is 15.3. The van der Waals surface area contributed by atoms with Crippen LogP contribution in [0.15, 0.2) is 0 Å². The minimum Gasteiger partial charge on any atom is -0.354 e. The molecule has 1 N–H and O–H groups in total. The zero-order valence-corrected chi connectivity index (χ0v) is 13.5. The maximum atomic E-state index is 12.7. The van der Waals surface area contributed by atoms with Crippen molar-refractivity contribution in [2.24, 2.45) is 11.8 Å². The van der Waals surface area contributed by atoms with E-state index in [2.05, 4.69) is 37.9 Å². The van der Waals surface area contributed by atoms with Crippen LogP contribution in [-0.2, 0) is 9.59 Å². The first kappa shape index (κ1) is 14.8. The highest BCUT2D eigenvalue weighted by atomic mass is 16.2. The van der Waals surface area contributed by atoms with Gasteiger partial charge in [0.2, 0.25) is 11.8 Å². The number of carbonyl (C=O) groups excluding carboxylic acids is 2. The molecule has 3 fully saturated rings. The standard InChI is InChI=1S/C16H27N3O2/c1-9(2)8-17-15(20)14-13-12(10(3)4)19(13)16(21)11-6-5-7-18(11)14/h9-14H,5-8H2,1-4H3,(H,17,20)/t11-,12+,13-,14-,19?/m1/s1. The van der Waals surface area contributed by atoms with Gasteiger partial charge in [-0.05, 0) is 31.2 Å². The number of hydrogen-bond donors (Lipinski definition) is 1. The molecule has 5 heteroatoms. The van der Waals surface area contributed by atoms with Gasteiger partial charge in [0.05, 0.1) is 18.1 Å². The fourth-order valence-corrected chi connectivity index (χ4v) is 4.09. The molecule has 2 amide bonds. The van der Waals surface area contributed by atoms with Crippen molar-refractivity contribution in [3.8, 4) is 0 Å². The van der Waals surface area contributed by atoms with E-state index in [9.17, 15) is 9.59 Å². The number of nitrogens with one attached hydrogen (secondary N) is 1. The number of hydrogen-bond acceptors (Lipinski definition) is 3. The molecular formula is C16H27N3O2. The number of amides is 2. The van der Waals surface area contributed by atoms with Gasteiger partial charge in [-0.2, -0.15) is 0 Å².